The zero-order valence-corrected chi connectivity index (χ0v) is 18.8. The van der Waals surface area contributed by atoms with Gasteiger partial charge in [0.25, 0.3) is 11.8 Å². The van der Waals surface area contributed by atoms with Crippen molar-refractivity contribution >= 4 is 11.8 Å². The number of amides is 2. The highest BCUT2D eigenvalue weighted by Gasteiger charge is 2.16. The van der Waals surface area contributed by atoms with Crippen molar-refractivity contribution in [1.29, 1.82) is 0 Å². The number of likely N-dealkylation sites (tertiary alicyclic amines) is 1. The van der Waals surface area contributed by atoms with Crippen LogP contribution in [0.1, 0.15) is 45.5 Å². The van der Waals surface area contributed by atoms with Crippen LogP contribution in [0.3, 0.4) is 0 Å². The van der Waals surface area contributed by atoms with Crippen LogP contribution in [0.5, 0.6) is 5.75 Å². The lowest BCUT2D eigenvalue weighted by molar-refractivity contribution is 0.0773. The molecule has 3 N–H and O–H groups in total. The molecule has 7 nitrogen and oxygen atoms in total. The van der Waals surface area contributed by atoms with E-state index in [1.165, 1.54) is 19.3 Å². The van der Waals surface area contributed by atoms with E-state index in [9.17, 15) is 14.7 Å². The van der Waals surface area contributed by atoms with E-state index in [1.54, 1.807) is 47.4 Å². The summed E-state index contributed by atoms with van der Waals surface area (Å²) in [4.78, 5) is 29.4. The number of rotatable bonds is 10. The van der Waals surface area contributed by atoms with Crippen LogP contribution in [0.2, 0.25) is 0 Å². The normalized spacial score (nSPS) is 14.2. The van der Waals surface area contributed by atoms with Crippen LogP contribution in [0, 0.1) is 0 Å². The summed E-state index contributed by atoms with van der Waals surface area (Å²) in [5.74, 6) is -0.0246. The fourth-order valence-corrected chi connectivity index (χ4v) is 3.86. The van der Waals surface area contributed by atoms with Crippen LogP contribution in [-0.4, -0.2) is 73.0 Å². The highest BCUT2D eigenvalue weighted by atomic mass is 16.3. The molecular formula is C25H34N4O3. The number of aromatic hydroxyl groups is 1. The molecule has 1 heterocycles. The van der Waals surface area contributed by atoms with Gasteiger partial charge < -0.3 is 25.5 Å². The lowest BCUT2D eigenvalue weighted by Crippen LogP contribution is -2.38. The van der Waals surface area contributed by atoms with E-state index in [4.69, 9.17) is 0 Å². The molecule has 0 aliphatic carbocycles. The quantitative estimate of drug-likeness (QED) is 0.496. The molecule has 7 heteroatoms. The molecule has 1 aliphatic rings. The molecule has 3 rings (SSSR count). The predicted octanol–water partition coefficient (Wildman–Crippen LogP) is 2.47. The molecule has 1 fully saturated rings. The third-order valence-corrected chi connectivity index (χ3v) is 5.75. The van der Waals surface area contributed by atoms with E-state index in [0.29, 0.717) is 37.3 Å². The molecule has 0 atom stereocenters. The van der Waals surface area contributed by atoms with Gasteiger partial charge in [0, 0.05) is 50.9 Å². The average molecular weight is 439 g/mol. The Bertz CT molecular complexity index is 896. The number of hydrogen-bond acceptors (Lipinski definition) is 5. The smallest absolute Gasteiger partial charge is 0.253 e. The average Bonchev–Trinajstić information content (AvgIpc) is 2.82. The van der Waals surface area contributed by atoms with Gasteiger partial charge in [-0.1, -0.05) is 24.6 Å². The van der Waals surface area contributed by atoms with Crippen molar-refractivity contribution in [2.24, 2.45) is 0 Å². The maximum absolute atomic E-state index is 12.8. The SMILES string of the molecule is CN(CCN1CCCCC1)C(=O)c1cccc(C(=O)NCCNCc2cccc(O)c2)c1. The molecule has 0 saturated carbocycles. The Morgan fingerprint density at radius 3 is 2.53 bits per heavy atom. The van der Waals surface area contributed by atoms with Crippen molar-refractivity contribution in [3.05, 3.63) is 65.2 Å². The monoisotopic (exact) mass is 438 g/mol. The Hall–Kier alpha value is -2.90. The molecule has 0 unspecified atom stereocenters. The minimum atomic E-state index is -0.199. The number of benzene rings is 2. The maximum Gasteiger partial charge on any atom is 0.253 e. The zero-order valence-electron chi connectivity index (χ0n) is 18.8. The fourth-order valence-electron chi connectivity index (χ4n) is 3.86. The minimum Gasteiger partial charge on any atom is -0.508 e. The number of hydrogen-bond donors (Lipinski definition) is 3. The zero-order chi connectivity index (χ0) is 22.8. The highest BCUT2D eigenvalue weighted by Crippen LogP contribution is 2.11. The van der Waals surface area contributed by atoms with Crippen molar-refractivity contribution in [2.45, 2.75) is 25.8 Å². The van der Waals surface area contributed by atoms with E-state index in [1.807, 2.05) is 13.1 Å². The van der Waals surface area contributed by atoms with E-state index in [0.717, 1.165) is 25.2 Å². The minimum absolute atomic E-state index is 0.0653. The number of carbonyl (C=O) groups is 2. The van der Waals surface area contributed by atoms with Gasteiger partial charge in [-0.2, -0.15) is 0 Å². The Balaban J connectivity index is 1.42. The van der Waals surface area contributed by atoms with Crippen LogP contribution in [0.4, 0.5) is 0 Å². The number of nitrogens with zero attached hydrogens (tertiary/aromatic N) is 2. The Kier molecular flexibility index (Phi) is 9.07. The first-order valence-electron chi connectivity index (χ1n) is 11.4. The van der Waals surface area contributed by atoms with Gasteiger partial charge >= 0.3 is 0 Å². The van der Waals surface area contributed by atoms with Crippen LogP contribution in [0.15, 0.2) is 48.5 Å². The number of piperidine rings is 1. The summed E-state index contributed by atoms with van der Waals surface area (Å²) in [6.45, 7) is 5.46. The second-order valence-electron chi connectivity index (χ2n) is 8.31. The molecule has 1 saturated heterocycles. The molecular weight excluding hydrogens is 404 g/mol. The summed E-state index contributed by atoms with van der Waals surface area (Å²) in [5.41, 5.74) is 1.99. The van der Waals surface area contributed by atoms with E-state index in [-0.39, 0.29) is 17.6 Å². The van der Waals surface area contributed by atoms with E-state index < -0.39 is 0 Å². The van der Waals surface area contributed by atoms with Gasteiger partial charge in [0.15, 0.2) is 0 Å². The summed E-state index contributed by atoms with van der Waals surface area (Å²) < 4.78 is 0. The molecule has 0 spiro atoms. The van der Waals surface area contributed by atoms with Gasteiger partial charge in [-0.15, -0.1) is 0 Å². The van der Waals surface area contributed by atoms with Crippen LogP contribution in [0.25, 0.3) is 0 Å². The number of nitrogens with one attached hydrogen (secondary N) is 2. The first kappa shape index (κ1) is 23.8. The van der Waals surface area contributed by atoms with Gasteiger partial charge in [0.05, 0.1) is 0 Å². The van der Waals surface area contributed by atoms with Gasteiger partial charge in [0.1, 0.15) is 5.75 Å². The molecule has 0 aromatic heterocycles. The molecule has 1 aliphatic heterocycles. The van der Waals surface area contributed by atoms with Crippen molar-refractivity contribution in [2.75, 3.05) is 46.3 Å². The first-order valence-corrected chi connectivity index (χ1v) is 11.4. The molecule has 0 radical (unpaired) electrons. The Morgan fingerprint density at radius 1 is 1.00 bits per heavy atom. The largest absolute Gasteiger partial charge is 0.508 e. The summed E-state index contributed by atoms with van der Waals surface area (Å²) in [6.07, 6.45) is 3.77. The van der Waals surface area contributed by atoms with E-state index in [2.05, 4.69) is 15.5 Å². The van der Waals surface area contributed by atoms with Crippen molar-refractivity contribution in [3.8, 4) is 5.75 Å². The molecule has 2 aromatic carbocycles. The third kappa shape index (κ3) is 7.35. The maximum atomic E-state index is 12.8. The predicted molar refractivity (Wildman–Crippen MR) is 126 cm³/mol. The lowest BCUT2D eigenvalue weighted by Gasteiger charge is -2.28. The summed E-state index contributed by atoms with van der Waals surface area (Å²) in [7, 11) is 1.82. The van der Waals surface area contributed by atoms with Crippen LogP contribution < -0.4 is 10.6 Å². The molecule has 2 amide bonds. The van der Waals surface area contributed by atoms with Gasteiger partial charge in [-0.25, -0.2) is 0 Å². The second kappa shape index (κ2) is 12.2. The van der Waals surface area contributed by atoms with Gasteiger partial charge in [0.2, 0.25) is 0 Å². The molecule has 172 valence electrons. The molecule has 2 aromatic rings. The lowest BCUT2D eigenvalue weighted by atomic mass is 10.1. The van der Waals surface area contributed by atoms with Crippen molar-refractivity contribution in [3.63, 3.8) is 0 Å². The summed E-state index contributed by atoms with van der Waals surface area (Å²) in [5, 5.41) is 15.6. The topological polar surface area (TPSA) is 84.9 Å². The second-order valence-corrected chi connectivity index (χ2v) is 8.31. The molecule has 32 heavy (non-hydrogen) atoms. The highest BCUT2D eigenvalue weighted by molar-refractivity contribution is 5.99. The number of phenolic OH excluding ortho intramolecular Hbond substituents is 1. The van der Waals surface area contributed by atoms with Crippen molar-refractivity contribution in [1.82, 2.24) is 20.4 Å². The van der Waals surface area contributed by atoms with E-state index >= 15 is 0 Å². The van der Waals surface area contributed by atoms with Crippen LogP contribution >= 0.6 is 0 Å². The van der Waals surface area contributed by atoms with Gasteiger partial charge in [-0.05, 0) is 61.8 Å². The Labute approximate surface area is 190 Å². The van der Waals surface area contributed by atoms with Gasteiger partial charge in [-0.3, -0.25) is 9.59 Å². The first-order chi connectivity index (χ1) is 15.5. The number of phenols is 1. The Morgan fingerprint density at radius 2 is 1.75 bits per heavy atom. The number of likely N-dealkylation sites (N-methyl/N-ethyl adjacent to an activating group) is 1. The summed E-state index contributed by atoms with van der Waals surface area (Å²) in [6, 6.07) is 14.0. The standard InChI is InChI=1S/C25H34N4O3/c1-28(15-16-29-13-3-2-4-14-29)25(32)22-9-6-8-21(18-22)24(31)27-12-11-26-19-20-7-5-10-23(30)17-20/h5-10,17-18,26,30H,2-4,11-16,19H2,1H3,(H,27,31). The molecule has 0 bridgehead atoms. The third-order valence-electron chi connectivity index (χ3n) is 5.75. The fraction of sp³-hybridized carbons (Fsp3) is 0.440. The van der Waals surface area contributed by atoms with Crippen LogP contribution in [-0.2, 0) is 6.54 Å². The summed E-state index contributed by atoms with van der Waals surface area (Å²) >= 11 is 0. The number of carbonyl (C=O) groups excluding carboxylic acids is 2. The van der Waals surface area contributed by atoms with Crippen molar-refractivity contribution < 1.29 is 14.7 Å².